The van der Waals surface area contributed by atoms with Crippen molar-refractivity contribution in [3.05, 3.63) is 0 Å². The van der Waals surface area contributed by atoms with Gasteiger partial charge in [0.05, 0.1) is 12.5 Å². The highest BCUT2D eigenvalue weighted by atomic mass is 32.2. The summed E-state index contributed by atoms with van der Waals surface area (Å²) < 4.78 is 5.19. The van der Waals surface area contributed by atoms with Crippen molar-refractivity contribution < 1.29 is 9.53 Å². The number of carbonyl (C=O) groups is 1. The summed E-state index contributed by atoms with van der Waals surface area (Å²) in [6.45, 7) is 7.51. The number of hydrogen-bond acceptors (Lipinski definition) is 5. The molecule has 3 fully saturated rings. The van der Waals surface area contributed by atoms with Crippen molar-refractivity contribution in [2.45, 2.75) is 51.0 Å². The zero-order valence-corrected chi connectivity index (χ0v) is 17.9. The van der Waals surface area contributed by atoms with Crippen LogP contribution in [0.15, 0.2) is 4.99 Å². The highest BCUT2D eigenvalue weighted by Crippen LogP contribution is 2.36. The van der Waals surface area contributed by atoms with Gasteiger partial charge in [0.1, 0.15) is 0 Å². The van der Waals surface area contributed by atoms with E-state index in [0.29, 0.717) is 12.1 Å². The fourth-order valence-electron chi connectivity index (χ4n) is 4.84. The average Bonchev–Trinajstić information content (AvgIpc) is 3.20. The molecule has 2 heterocycles. The van der Waals surface area contributed by atoms with Gasteiger partial charge in [-0.2, -0.15) is 11.8 Å². The second kappa shape index (κ2) is 10.0. The van der Waals surface area contributed by atoms with E-state index < -0.39 is 0 Å². The smallest absolute Gasteiger partial charge is 0.309 e. The molecule has 3 rings (SSSR count). The maximum absolute atomic E-state index is 12.0. The van der Waals surface area contributed by atoms with Crippen molar-refractivity contribution in [3.63, 3.8) is 0 Å². The molecule has 27 heavy (non-hydrogen) atoms. The minimum absolute atomic E-state index is 0.0343. The molecular formula is C20H36N4O2S. The van der Waals surface area contributed by atoms with Gasteiger partial charge in [0.15, 0.2) is 5.96 Å². The second-order valence-corrected chi connectivity index (χ2v) is 9.17. The third-order valence-electron chi connectivity index (χ3n) is 6.42. The van der Waals surface area contributed by atoms with Crippen LogP contribution < -0.4 is 5.32 Å². The van der Waals surface area contributed by atoms with Gasteiger partial charge in [0.25, 0.3) is 0 Å². The molecule has 0 aromatic carbocycles. The van der Waals surface area contributed by atoms with E-state index in [-0.39, 0.29) is 11.9 Å². The van der Waals surface area contributed by atoms with E-state index in [4.69, 9.17) is 4.74 Å². The van der Waals surface area contributed by atoms with Crippen LogP contribution in [0.1, 0.15) is 45.4 Å². The normalized spacial score (nSPS) is 24.8. The van der Waals surface area contributed by atoms with Gasteiger partial charge < -0.3 is 15.0 Å². The Morgan fingerprint density at radius 2 is 1.85 bits per heavy atom. The summed E-state index contributed by atoms with van der Waals surface area (Å²) in [6.07, 6.45) is 6.99. The molecule has 1 aliphatic carbocycles. The number of esters is 1. The third-order valence-corrected chi connectivity index (χ3v) is 7.36. The van der Waals surface area contributed by atoms with E-state index in [0.717, 1.165) is 38.4 Å². The number of guanidine groups is 1. The van der Waals surface area contributed by atoms with E-state index in [2.05, 4.69) is 31.9 Å². The van der Waals surface area contributed by atoms with Crippen LogP contribution in [0.5, 0.6) is 0 Å². The minimum atomic E-state index is -0.0343. The van der Waals surface area contributed by atoms with Gasteiger partial charge in [-0.1, -0.05) is 12.8 Å². The maximum Gasteiger partial charge on any atom is 0.309 e. The molecule has 0 spiro atoms. The molecule has 1 N–H and O–H groups in total. The van der Waals surface area contributed by atoms with Crippen molar-refractivity contribution in [1.29, 1.82) is 0 Å². The van der Waals surface area contributed by atoms with E-state index in [9.17, 15) is 4.79 Å². The first-order chi connectivity index (χ1) is 13.2. The van der Waals surface area contributed by atoms with Crippen molar-refractivity contribution in [2.75, 3.05) is 57.9 Å². The quantitative estimate of drug-likeness (QED) is 0.437. The summed E-state index contributed by atoms with van der Waals surface area (Å²) in [5.74, 6) is 3.53. The first-order valence-corrected chi connectivity index (χ1v) is 11.8. The number of carbonyl (C=O) groups excluding carboxylic acids is 1. The Bertz CT molecular complexity index is 508. The number of thioether (sulfide) groups is 1. The largest absolute Gasteiger partial charge is 0.466 e. The van der Waals surface area contributed by atoms with Crippen LogP contribution in [0, 0.1) is 5.92 Å². The van der Waals surface area contributed by atoms with Gasteiger partial charge >= 0.3 is 5.97 Å². The molecule has 154 valence electrons. The van der Waals surface area contributed by atoms with E-state index in [1.54, 1.807) is 0 Å². The Morgan fingerprint density at radius 1 is 1.19 bits per heavy atom. The number of piperidine rings is 1. The highest BCUT2D eigenvalue weighted by molar-refractivity contribution is 7.99. The molecule has 3 aliphatic rings. The standard InChI is InChI=1S/C20H36N4O2S/c1-3-26-18(25)17-6-10-23(11-7-17)19(21-2)22-16-20(8-4-5-9-20)24-12-14-27-15-13-24/h17H,3-16H2,1-2H3,(H,21,22). The van der Waals surface area contributed by atoms with E-state index >= 15 is 0 Å². The zero-order chi connectivity index (χ0) is 19.1. The summed E-state index contributed by atoms with van der Waals surface area (Å²) in [6, 6.07) is 0. The van der Waals surface area contributed by atoms with Gasteiger partial charge in [0.2, 0.25) is 0 Å². The lowest BCUT2D eigenvalue weighted by atomic mass is 9.94. The molecule has 7 heteroatoms. The molecule has 0 unspecified atom stereocenters. The van der Waals surface area contributed by atoms with Gasteiger partial charge in [-0.15, -0.1) is 0 Å². The Morgan fingerprint density at radius 3 is 2.44 bits per heavy atom. The second-order valence-electron chi connectivity index (χ2n) is 7.95. The molecule has 0 aromatic rings. The summed E-state index contributed by atoms with van der Waals surface area (Å²) in [5, 5.41) is 3.70. The molecule has 2 saturated heterocycles. The highest BCUT2D eigenvalue weighted by Gasteiger charge is 2.40. The Labute approximate surface area is 168 Å². The van der Waals surface area contributed by atoms with Crippen LogP contribution in [0.3, 0.4) is 0 Å². The summed E-state index contributed by atoms with van der Waals surface area (Å²) in [4.78, 5) is 21.6. The molecule has 2 aliphatic heterocycles. The Kier molecular flexibility index (Phi) is 7.70. The van der Waals surface area contributed by atoms with Gasteiger partial charge in [0, 0.05) is 56.8 Å². The number of nitrogens with zero attached hydrogens (tertiary/aromatic N) is 3. The monoisotopic (exact) mass is 396 g/mol. The third kappa shape index (κ3) is 5.11. The molecular weight excluding hydrogens is 360 g/mol. The van der Waals surface area contributed by atoms with Gasteiger partial charge in [-0.3, -0.25) is 14.7 Å². The fourth-order valence-corrected chi connectivity index (χ4v) is 5.74. The number of hydrogen-bond donors (Lipinski definition) is 1. The average molecular weight is 397 g/mol. The fraction of sp³-hybridized carbons (Fsp3) is 0.900. The Balaban J connectivity index is 1.53. The molecule has 0 aromatic heterocycles. The molecule has 0 bridgehead atoms. The molecule has 0 atom stereocenters. The number of aliphatic imine (C=N–C) groups is 1. The van der Waals surface area contributed by atoms with Crippen LogP contribution in [-0.2, 0) is 9.53 Å². The lowest BCUT2D eigenvalue weighted by molar-refractivity contribution is -0.149. The van der Waals surface area contributed by atoms with Crippen molar-refractivity contribution in [1.82, 2.24) is 15.1 Å². The molecule has 0 radical (unpaired) electrons. The van der Waals surface area contributed by atoms with Crippen molar-refractivity contribution in [2.24, 2.45) is 10.9 Å². The lowest BCUT2D eigenvalue weighted by Gasteiger charge is -2.44. The lowest BCUT2D eigenvalue weighted by Crippen LogP contribution is -2.58. The van der Waals surface area contributed by atoms with Crippen LogP contribution in [0.4, 0.5) is 0 Å². The SMILES string of the molecule is CCOC(=O)C1CCN(C(=NC)NCC2(N3CCSCC3)CCCC2)CC1. The number of nitrogens with one attached hydrogen (secondary N) is 1. The minimum Gasteiger partial charge on any atom is -0.466 e. The van der Waals surface area contributed by atoms with E-state index in [1.807, 2.05) is 14.0 Å². The number of likely N-dealkylation sites (tertiary alicyclic amines) is 1. The topological polar surface area (TPSA) is 57.2 Å². The predicted molar refractivity (Wildman–Crippen MR) is 112 cm³/mol. The Hall–Kier alpha value is -0.950. The van der Waals surface area contributed by atoms with Crippen LogP contribution >= 0.6 is 11.8 Å². The summed E-state index contributed by atoms with van der Waals surface area (Å²) >= 11 is 2.08. The van der Waals surface area contributed by atoms with Gasteiger partial charge in [-0.05, 0) is 32.6 Å². The number of ether oxygens (including phenoxy) is 1. The molecule has 1 saturated carbocycles. The number of rotatable bonds is 5. The van der Waals surface area contributed by atoms with E-state index in [1.165, 1.54) is 50.3 Å². The van der Waals surface area contributed by atoms with Crippen molar-refractivity contribution >= 4 is 23.7 Å². The molecule has 6 nitrogen and oxygen atoms in total. The van der Waals surface area contributed by atoms with Crippen LogP contribution in [0.25, 0.3) is 0 Å². The summed E-state index contributed by atoms with van der Waals surface area (Å²) in [7, 11) is 1.87. The zero-order valence-electron chi connectivity index (χ0n) is 17.0. The van der Waals surface area contributed by atoms with Crippen molar-refractivity contribution in [3.8, 4) is 0 Å². The summed E-state index contributed by atoms with van der Waals surface area (Å²) in [5.41, 5.74) is 0.306. The predicted octanol–water partition coefficient (Wildman–Crippen LogP) is 2.20. The first-order valence-electron chi connectivity index (χ1n) is 10.6. The first kappa shape index (κ1) is 20.8. The maximum atomic E-state index is 12.0. The van der Waals surface area contributed by atoms with Crippen LogP contribution in [0.2, 0.25) is 0 Å². The molecule has 0 amide bonds. The van der Waals surface area contributed by atoms with Crippen LogP contribution in [-0.4, -0.2) is 85.2 Å². The van der Waals surface area contributed by atoms with Gasteiger partial charge in [-0.25, -0.2) is 0 Å².